The fourth-order valence-corrected chi connectivity index (χ4v) is 3.38. The maximum atomic E-state index is 12.2. The number of nitrogens with zero attached hydrogens (tertiary/aromatic N) is 1. The Morgan fingerprint density at radius 2 is 1.67 bits per heavy atom. The van der Waals surface area contributed by atoms with Crippen molar-refractivity contribution >= 4 is 38.9 Å². The Balaban J connectivity index is 2.09. The largest absolute Gasteiger partial charge is 0.396 e. The molecule has 0 aliphatic rings. The Morgan fingerprint density at radius 1 is 1.10 bits per heavy atom. The second-order valence-electron chi connectivity index (χ2n) is 4.31. The topological polar surface area (TPSA) is 76.1 Å². The average Bonchev–Trinajstić information content (AvgIpc) is 2.45. The molecule has 112 valence electrons. The van der Waals surface area contributed by atoms with Gasteiger partial charge in [0.2, 0.25) is 10.0 Å². The zero-order valence-corrected chi connectivity index (χ0v) is 13.3. The van der Waals surface area contributed by atoms with Crippen molar-refractivity contribution in [3.05, 3.63) is 52.8 Å². The maximum absolute atomic E-state index is 12.2. The van der Waals surface area contributed by atoms with Gasteiger partial charge in [-0.25, -0.2) is 17.7 Å². The van der Waals surface area contributed by atoms with E-state index in [1.807, 2.05) is 35.2 Å². The molecule has 1 aromatic heterocycles. The molecule has 2 rings (SSSR count). The third kappa shape index (κ3) is 4.07. The fraction of sp³-hybridized carbons (Fsp3) is 0.154. The van der Waals surface area contributed by atoms with Crippen LogP contribution in [-0.4, -0.2) is 15.0 Å². The van der Waals surface area contributed by atoms with Crippen LogP contribution in [0.1, 0.15) is 0 Å². The van der Waals surface area contributed by atoms with Crippen LogP contribution in [0.2, 0.25) is 10.0 Å². The van der Waals surface area contributed by atoms with Crippen LogP contribution in [0.25, 0.3) is 0 Å². The summed E-state index contributed by atoms with van der Waals surface area (Å²) in [6, 6.07) is 8.18. The fourth-order valence-electron chi connectivity index (χ4n) is 1.69. The van der Waals surface area contributed by atoms with Gasteiger partial charge in [-0.2, -0.15) is 0 Å². The van der Waals surface area contributed by atoms with Crippen LogP contribution in [0.15, 0.2) is 47.6 Å². The molecule has 0 atom stereocenters. The Kier molecular flexibility index (Phi) is 5.05. The van der Waals surface area contributed by atoms with E-state index in [0.29, 0.717) is 6.54 Å². The van der Waals surface area contributed by atoms with Crippen molar-refractivity contribution < 1.29 is 13.0 Å². The Labute approximate surface area is 133 Å². The summed E-state index contributed by atoms with van der Waals surface area (Å²) in [5.74, 6) is 0. The number of halogens is 2. The molecule has 1 heterocycles. The molecule has 3 N–H and O–H groups in total. The molecule has 0 fully saturated rings. The molecule has 0 saturated carbocycles. The highest BCUT2D eigenvalue weighted by molar-refractivity contribution is 7.89. The first-order chi connectivity index (χ1) is 9.90. The van der Waals surface area contributed by atoms with E-state index in [0.717, 1.165) is 0 Å². The number of nitrogens with two attached hydrogens (primary N) is 1. The Hall–Kier alpha value is -1.34. The molecule has 0 aliphatic heterocycles. The highest BCUT2D eigenvalue weighted by Gasteiger charge is 2.17. The summed E-state index contributed by atoms with van der Waals surface area (Å²) >= 11 is 11.7. The SMILES string of the molecule is Nc1c(Cl)cc(S(=O)(=O)NCC[n+]2ccccc2)cc1Cl. The summed E-state index contributed by atoms with van der Waals surface area (Å²) in [5, 5.41) is 0.223. The van der Waals surface area contributed by atoms with Gasteiger partial charge in [0.15, 0.2) is 18.9 Å². The van der Waals surface area contributed by atoms with Gasteiger partial charge in [0, 0.05) is 12.1 Å². The van der Waals surface area contributed by atoms with Crippen LogP contribution < -0.4 is 15.0 Å². The van der Waals surface area contributed by atoms with Gasteiger partial charge in [-0.1, -0.05) is 29.3 Å². The number of nitrogens with one attached hydrogen (secondary N) is 1. The van der Waals surface area contributed by atoms with Crippen molar-refractivity contribution in [2.24, 2.45) is 0 Å². The van der Waals surface area contributed by atoms with Crippen LogP contribution in [0.5, 0.6) is 0 Å². The van der Waals surface area contributed by atoms with E-state index in [2.05, 4.69) is 4.72 Å². The molecule has 2 aromatic rings. The van der Waals surface area contributed by atoms with Gasteiger partial charge in [-0.15, -0.1) is 0 Å². The molecule has 0 saturated heterocycles. The summed E-state index contributed by atoms with van der Waals surface area (Å²) in [5.41, 5.74) is 5.75. The minimum absolute atomic E-state index is 0.00948. The van der Waals surface area contributed by atoms with E-state index in [4.69, 9.17) is 28.9 Å². The molecule has 21 heavy (non-hydrogen) atoms. The van der Waals surface area contributed by atoms with E-state index in [1.165, 1.54) is 12.1 Å². The van der Waals surface area contributed by atoms with E-state index in [-0.39, 0.29) is 27.2 Å². The smallest absolute Gasteiger partial charge is 0.240 e. The summed E-state index contributed by atoms with van der Waals surface area (Å²) in [7, 11) is -3.68. The quantitative estimate of drug-likeness (QED) is 0.640. The number of hydrogen-bond acceptors (Lipinski definition) is 3. The van der Waals surface area contributed by atoms with E-state index >= 15 is 0 Å². The van der Waals surface area contributed by atoms with Crippen molar-refractivity contribution in [2.75, 3.05) is 12.3 Å². The average molecular weight is 347 g/mol. The van der Waals surface area contributed by atoms with Crippen molar-refractivity contribution in [1.29, 1.82) is 0 Å². The van der Waals surface area contributed by atoms with Crippen molar-refractivity contribution in [3.63, 3.8) is 0 Å². The number of sulfonamides is 1. The Morgan fingerprint density at radius 3 is 2.24 bits per heavy atom. The molecule has 0 radical (unpaired) electrons. The molecule has 0 aliphatic carbocycles. The Bertz CT molecular complexity index is 713. The third-order valence-corrected chi connectivity index (χ3v) is 4.87. The van der Waals surface area contributed by atoms with Crippen molar-refractivity contribution in [3.8, 4) is 0 Å². The van der Waals surface area contributed by atoms with Gasteiger partial charge in [-0.05, 0) is 12.1 Å². The molecule has 0 unspecified atom stereocenters. The minimum Gasteiger partial charge on any atom is -0.396 e. The van der Waals surface area contributed by atoms with Crippen LogP contribution >= 0.6 is 23.2 Å². The van der Waals surface area contributed by atoms with Gasteiger partial charge in [0.1, 0.15) is 0 Å². The van der Waals surface area contributed by atoms with Gasteiger partial charge < -0.3 is 5.73 Å². The first-order valence-electron chi connectivity index (χ1n) is 6.08. The van der Waals surface area contributed by atoms with Crippen molar-refractivity contribution in [2.45, 2.75) is 11.4 Å². The highest BCUT2D eigenvalue weighted by Crippen LogP contribution is 2.30. The first kappa shape index (κ1) is 16.0. The van der Waals surface area contributed by atoms with Gasteiger partial charge in [0.05, 0.1) is 27.2 Å². The molecule has 0 amide bonds. The second kappa shape index (κ2) is 6.62. The number of nitrogen functional groups attached to an aromatic ring is 1. The second-order valence-corrected chi connectivity index (χ2v) is 6.89. The van der Waals surface area contributed by atoms with Gasteiger partial charge >= 0.3 is 0 Å². The third-order valence-electron chi connectivity index (χ3n) is 2.80. The molecule has 5 nitrogen and oxygen atoms in total. The predicted octanol–water partition coefficient (Wildman–Crippen LogP) is 1.84. The van der Waals surface area contributed by atoms with E-state index in [1.54, 1.807) is 0 Å². The standard InChI is InChI=1S/C13H14Cl2N3O2S/c14-11-8-10(9-12(15)13(11)16)21(19,20)17-4-7-18-5-2-1-3-6-18/h1-3,5-6,8-9,17H,4,7,16H2/q+1. The number of anilines is 1. The maximum Gasteiger partial charge on any atom is 0.240 e. The summed E-state index contributed by atoms with van der Waals surface area (Å²) < 4.78 is 28.7. The molecule has 0 bridgehead atoms. The summed E-state index contributed by atoms with van der Waals surface area (Å²) in [6.07, 6.45) is 3.70. The molecule has 1 aromatic carbocycles. The lowest BCUT2D eigenvalue weighted by molar-refractivity contribution is -0.694. The van der Waals surface area contributed by atoms with Crippen LogP contribution in [0, 0.1) is 0 Å². The molecular formula is C13H14Cl2N3O2S+. The molecule has 8 heteroatoms. The number of pyridine rings is 1. The lowest BCUT2D eigenvalue weighted by Gasteiger charge is -2.08. The zero-order chi connectivity index (χ0) is 15.5. The molecular weight excluding hydrogens is 333 g/mol. The first-order valence-corrected chi connectivity index (χ1v) is 8.32. The van der Waals surface area contributed by atoms with Gasteiger partial charge in [0.25, 0.3) is 0 Å². The highest BCUT2D eigenvalue weighted by atomic mass is 35.5. The normalized spacial score (nSPS) is 11.5. The number of aromatic nitrogens is 1. The number of benzene rings is 1. The summed E-state index contributed by atoms with van der Waals surface area (Å²) in [4.78, 5) is -0.00948. The minimum atomic E-state index is -3.68. The van der Waals surface area contributed by atoms with Crippen LogP contribution in [0.4, 0.5) is 5.69 Å². The number of rotatable bonds is 5. The lowest BCUT2D eigenvalue weighted by atomic mass is 10.3. The van der Waals surface area contributed by atoms with E-state index in [9.17, 15) is 8.42 Å². The summed E-state index contributed by atoms with van der Waals surface area (Å²) in [6.45, 7) is 0.757. The van der Waals surface area contributed by atoms with E-state index < -0.39 is 10.0 Å². The van der Waals surface area contributed by atoms with Crippen LogP contribution in [-0.2, 0) is 16.6 Å². The van der Waals surface area contributed by atoms with Crippen LogP contribution in [0.3, 0.4) is 0 Å². The monoisotopic (exact) mass is 346 g/mol. The zero-order valence-electron chi connectivity index (χ0n) is 11.0. The van der Waals surface area contributed by atoms with Crippen molar-refractivity contribution in [1.82, 2.24) is 4.72 Å². The lowest BCUT2D eigenvalue weighted by Crippen LogP contribution is -2.39. The number of hydrogen-bond donors (Lipinski definition) is 2. The van der Waals surface area contributed by atoms with Gasteiger partial charge in [-0.3, -0.25) is 0 Å². The molecule has 0 spiro atoms. The predicted molar refractivity (Wildman–Crippen MR) is 82.7 cm³/mol.